The molecule has 0 bridgehead atoms. The van der Waals surface area contributed by atoms with Crippen LogP contribution in [0.25, 0.3) is 0 Å². The summed E-state index contributed by atoms with van der Waals surface area (Å²) in [5, 5.41) is 9.21. The SMILES string of the molecule is OC1C=CC(Oc2ccccc2)C1. The molecule has 1 aliphatic rings. The van der Waals surface area contributed by atoms with Crippen LogP contribution < -0.4 is 4.74 Å². The van der Waals surface area contributed by atoms with E-state index in [9.17, 15) is 5.11 Å². The molecule has 2 rings (SSSR count). The Labute approximate surface area is 77.5 Å². The quantitative estimate of drug-likeness (QED) is 0.696. The van der Waals surface area contributed by atoms with Crippen molar-refractivity contribution in [2.75, 3.05) is 0 Å². The van der Waals surface area contributed by atoms with Crippen molar-refractivity contribution < 1.29 is 9.84 Å². The Balaban J connectivity index is 1.96. The van der Waals surface area contributed by atoms with Gasteiger partial charge in [0.2, 0.25) is 0 Å². The minimum Gasteiger partial charge on any atom is -0.486 e. The van der Waals surface area contributed by atoms with Gasteiger partial charge in [-0.05, 0) is 18.2 Å². The van der Waals surface area contributed by atoms with Gasteiger partial charge in [0.05, 0.1) is 6.10 Å². The molecular weight excluding hydrogens is 164 g/mol. The summed E-state index contributed by atoms with van der Waals surface area (Å²) < 4.78 is 5.60. The number of hydrogen-bond donors (Lipinski definition) is 1. The maximum atomic E-state index is 9.21. The predicted octanol–water partition coefficient (Wildman–Crippen LogP) is 1.75. The van der Waals surface area contributed by atoms with Gasteiger partial charge in [0.1, 0.15) is 11.9 Å². The molecule has 1 aromatic carbocycles. The van der Waals surface area contributed by atoms with Gasteiger partial charge >= 0.3 is 0 Å². The Kier molecular flexibility index (Phi) is 2.32. The number of rotatable bonds is 2. The Hall–Kier alpha value is -1.28. The second-order valence-electron chi connectivity index (χ2n) is 3.16. The Morgan fingerprint density at radius 2 is 1.92 bits per heavy atom. The van der Waals surface area contributed by atoms with E-state index in [2.05, 4.69) is 0 Å². The third-order valence-electron chi connectivity index (χ3n) is 2.05. The number of aliphatic hydroxyl groups excluding tert-OH is 1. The minimum atomic E-state index is -0.339. The highest BCUT2D eigenvalue weighted by Gasteiger charge is 2.17. The number of ether oxygens (including phenoxy) is 1. The number of hydrogen-bond acceptors (Lipinski definition) is 2. The molecule has 0 aromatic heterocycles. The van der Waals surface area contributed by atoms with Crippen LogP contribution in [0.1, 0.15) is 6.42 Å². The lowest BCUT2D eigenvalue weighted by atomic mass is 10.3. The van der Waals surface area contributed by atoms with Gasteiger partial charge in [-0.2, -0.15) is 0 Å². The first kappa shape index (κ1) is 8.32. The van der Waals surface area contributed by atoms with Gasteiger partial charge in [0, 0.05) is 6.42 Å². The molecule has 1 aliphatic carbocycles. The van der Waals surface area contributed by atoms with Crippen LogP contribution in [0.2, 0.25) is 0 Å². The molecule has 2 atom stereocenters. The van der Waals surface area contributed by atoms with Gasteiger partial charge in [-0.3, -0.25) is 0 Å². The van der Waals surface area contributed by atoms with Crippen LogP contribution in [0.15, 0.2) is 42.5 Å². The van der Waals surface area contributed by atoms with E-state index < -0.39 is 0 Å². The largest absolute Gasteiger partial charge is 0.486 e. The Morgan fingerprint density at radius 1 is 1.15 bits per heavy atom. The third kappa shape index (κ3) is 2.10. The zero-order valence-corrected chi connectivity index (χ0v) is 7.26. The lowest BCUT2D eigenvalue weighted by Gasteiger charge is -2.11. The van der Waals surface area contributed by atoms with Crippen molar-refractivity contribution >= 4 is 0 Å². The molecule has 68 valence electrons. The zero-order chi connectivity index (χ0) is 9.10. The summed E-state index contributed by atoms with van der Waals surface area (Å²) >= 11 is 0. The van der Waals surface area contributed by atoms with Crippen LogP contribution in [0, 0.1) is 0 Å². The Morgan fingerprint density at radius 3 is 2.54 bits per heavy atom. The maximum absolute atomic E-state index is 9.21. The number of benzene rings is 1. The van der Waals surface area contributed by atoms with Crippen LogP contribution >= 0.6 is 0 Å². The van der Waals surface area contributed by atoms with Crippen molar-refractivity contribution in [1.82, 2.24) is 0 Å². The monoisotopic (exact) mass is 176 g/mol. The molecule has 0 saturated carbocycles. The second kappa shape index (κ2) is 3.62. The summed E-state index contributed by atoms with van der Waals surface area (Å²) in [4.78, 5) is 0. The van der Waals surface area contributed by atoms with Crippen molar-refractivity contribution in [3.05, 3.63) is 42.5 Å². The van der Waals surface area contributed by atoms with Crippen molar-refractivity contribution in [3.8, 4) is 5.75 Å². The lowest BCUT2D eigenvalue weighted by molar-refractivity contribution is 0.165. The average molecular weight is 176 g/mol. The van der Waals surface area contributed by atoms with Gasteiger partial charge < -0.3 is 9.84 Å². The first-order chi connectivity index (χ1) is 6.34. The molecule has 1 aromatic rings. The number of para-hydroxylation sites is 1. The number of aliphatic hydroxyl groups is 1. The molecule has 2 nitrogen and oxygen atoms in total. The molecule has 2 heteroatoms. The van der Waals surface area contributed by atoms with E-state index in [1.807, 2.05) is 36.4 Å². The summed E-state index contributed by atoms with van der Waals surface area (Å²) in [5.41, 5.74) is 0. The summed E-state index contributed by atoms with van der Waals surface area (Å²) in [5.74, 6) is 0.853. The fourth-order valence-electron chi connectivity index (χ4n) is 1.41. The van der Waals surface area contributed by atoms with E-state index in [1.54, 1.807) is 6.08 Å². The maximum Gasteiger partial charge on any atom is 0.120 e. The van der Waals surface area contributed by atoms with E-state index in [4.69, 9.17) is 4.74 Å². The predicted molar refractivity (Wildman–Crippen MR) is 50.6 cm³/mol. The molecule has 13 heavy (non-hydrogen) atoms. The summed E-state index contributed by atoms with van der Waals surface area (Å²) in [6, 6.07) is 9.65. The van der Waals surface area contributed by atoms with Crippen molar-refractivity contribution in [1.29, 1.82) is 0 Å². The highest BCUT2D eigenvalue weighted by Crippen LogP contribution is 2.18. The minimum absolute atomic E-state index is 0.0254. The van der Waals surface area contributed by atoms with Crippen molar-refractivity contribution in [2.24, 2.45) is 0 Å². The second-order valence-corrected chi connectivity index (χ2v) is 3.16. The van der Waals surface area contributed by atoms with Gasteiger partial charge in [-0.15, -0.1) is 0 Å². The topological polar surface area (TPSA) is 29.5 Å². The molecule has 2 unspecified atom stereocenters. The zero-order valence-electron chi connectivity index (χ0n) is 7.26. The first-order valence-corrected chi connectivity index (χ1v) is 4.43. The summed E-state index contributed by atoms with van der Waals surface area (Å²) in [6.07, 6.45) is 4.02. The van der Waals surface area contributed by atoms with E-state index in [0.717, 1.165) is 5.75 Å². The summed E-state index contributed by atoms with van der Waals surface area (Å²) in [6.45, 7) is 0. The van der Waals surface area contributed by atoms with Gasteiger partial charge in [-0.25, -0.2) is 0 Å². The summed E-state index contributed by atoms with van der Waals surface area (Å²) in [7, 11) is 0. The highest BCUT2D eigenvalue weighted by molar-refractivity contribution is 5.22. The molecule has 1 N–H and O–H groups in total. The average Bonchev–Trinajstić information content (AvgIpc) is 2.53. The van der Waals surface area contributed by atoms with E-state index in [1.165, 1.54) is 0 Å². The molecule has 0 aliphatic heterocycles. The van der Waals surface area contributed by atoms with E-state index in [-0.39, 0.29) is 12.2 Å². The smallest absolute Gasteiger partial charge is 0.120 e. The van der Waals surface area contributed by atoms with E-state index >= 15 is 0 Å². The van der Waals surface area contributed by atoms with Gasteiger partial charge in [-0.1, -0.05) is 24.3 Å². The molecule has 0 amide bonds. The van der Waals surface area contributed by atoms with Crippen molar-refractivity contribution in [2.45, 2.75) is 18.6 Å². The molecular formula is C11H12O2. The highest BCUT2D eigenvalue weighted by atomic mass is 16.5. The van der Waals surface area contributed by atoms with Crippen LogP contribution in [0.4, 0.5) is 0 Å². The molecule has 0 fully saturated rings. The molecule has 0 spiro atoms. The normalized spacial score (nSPS) is 26.2. The third-order valence-corrected chi connectivity index (χ3v) is 2.05. The van der Waals surface area contributed by atoms with Crippen molar-refractivity contribution in [3.63, 3.8) is 0 Å². The fourth-order valence-corrected chi connectivity index (χ4v) is 1.41. The standard InChI is InChI=1S/C11H12O2/c12-9-6-7-11(8-9)13-10-4-2-1-3-5-10/h1-7,9,11-12H,8H2. The lowest BCUT2D eigenvalue weighted by Crippen LogP contribution is -2.13. The van der Waals surface area contributed by atoms with Crippen LogP contribution in [-0.4, -0.2) is 17.3 Å². The fraction of sp³-hybridized carbons (Fsp3) is 0.273. The van der Waals surface area contributed by atoms with E-state index in [0.29, 0.717) is 6.42 Å². The molecule has 0 saturated heterocycles. The van der Waals surface area contributed by atoms with Crippen LogP contribution in [0.3, 0.4) is 0 Å². The van der Waals surface area contributed by atoms with Gasteiger partial charge in [0.25, 0.3) is 0 Å². The Bertz CT molecular complexity index is 292. The molecule has 0 heterocycles. The van der Waals surface area contributed by atoms with Crippen LogP contribution in [0.5, 0.6) is 5.75 Å². The first-order valence-electron chi connectivity index (χ1n) is 4.43. The van der Waals surface area contributed by atoms with Gasteiger partial charge in [0.15, 0.2) is 0 Å². The molecule has 0 radical (unpaired) electrons. The van der Waals surface area contributed by atoms with Crippen LogP contribution in [-0.2, 0) is 0 Å².